The van der Waals surface area contributed by atoms with Crippen LogP contribution in [-0.4, -0.2) is 81.5 Å². The second-order valence-corrected chi connectivity index (χ2v) is 6.01. The molecule has 0 unspecified atom stereocenters. The van der Waals surface area contributed by atoms with Crippen molar-refractivity contribution >= 4 is 22.7 Å². The van der Waals surface area contributed by atoms with Gasteiger partial charge in [0, 0.05) is 39.4 Å². The molecule has 158 valence electrons. The van der Waals surface area contributed by atoms with Crippen molar-refractivity contribution in [2.45, 2.75) is 20.3 Å². The fourth-order valence-electron chi connectivity index (χ4n) is 2.37. The molecular formula is C20H34N4O4. The zero-order valence-corrected chi connectivity index (χ0v) is 18.3. The molecule has 0 aliphatic rings. The third-order valence-electron chi connectivity index (χ3n) is 3.55. The standard InChI is InChI=1S/C16H22N4O3.C2H6O.C2H6/c1-19(2)9-6-10-20(3)15-11-7-5-8-17-12(11)14(21)13(18-15)16(22)23-4;1-3-2;1-2/h5,7-8,21H,6,9-10H2,1-4H3;1-2H3;1-2H3. The molecular weight excluding hydrogens is 360 g/mol. The van der Waals surface area contributed by atoms with Crippen molar-refractivity contribution in [3.8, 4) is 5.75 Å². The molecule has 0 bridgehead atoms. The molecule has 0 spiro atoms. The molecule has 2 heterocycles. The van der Waals surface area contributed by atoms with Gasteiger partial charge in [-0.1, -0.05) is 13.8 Å². The molecule has 0 amide bonds. The van der Waals surface area contributed by atoms with Crippen molar-refractivity contribution in [1.82, 2.24) is 14.9 Å². The molecule has 0 aliphatic carbocycles. The molecule has 2 aromatic heterocycles. The summed E-state index contributed by atoms with van der Waals surface area (Å²) in [5.41, 5.74) is 0.227. The lowest BCUT2D eigenvalue weighted by Gasteiger charge is -2.21. The van der Waals surface area contributed by atoms with Gasteiger partial charge in [-0.15, -0.1) is 0 Å². The SMILES string of the molecule is CC.COC.COC(=O)c1nc(N(C)CCCN(C)C)c2cccnc2c1O. The number of esters is 1. The number of rotatable bonds is 6. The molecule has 0 atom stereocenters. The van der Waals surface area contributed by atoms with Crippen LogP contribution in [0.1, 0.15) is 30.8 Å². The van der Waals surface area contributed by atoms with E-state index in [1.54, 1.807) is 26.5 Å². The van der Waals surface area contributed by atoms with Gasteiger partial charge in [-0.25, -0.2) is 9.78 Å². The minimum Gasteiger partial charge on any atom is -0.504 e. The number of carbonyl (C=O) groups is 1. The number of methoxy groups -OCH3 is 2. The van der Waals surface area contributed by atoms with Crippen LogP contribution in [0.15, 0.2) is 18.3 Å². The van der Waals surface area contributed by atoms with Gasteiger partial charge < -0.3 is 24.4 Å². The van der Waals surface area contributed by atoms with E-state index >= 15 is 0 Å². The van der Waals surface area contributed by atoms with Gasteiger partial charge in [-0.2, -0.15) is 0 Å². The molecule has 2 aromatic rings. The van der Waals surface area contributed by atoms with E-state index in [0.29, 0.717) is 16.7 Å². The van der Waals surface area contributed by atoms with Gasteiger partial charge in [0.25, 0.3) is 0 Å². The van der Waals surface area contributed by atoms with Crippen LogP contribution in [0.4, 0.5) is 5.82 Å². The number of nitrogens with zero attached hydrogens (tertiary/aromatic N) is 4. The number of aromatic hydroxyl groups is 1. The first-order chi connectivity index (χ1) is 13.4. The molecule has 1 N–H and O–H groups in total. The van der Waals surface area contributed by atoms with Crippen LogP contribution in [0.25, 0.3) is 10.9 Å². The van der Waals surface area contributed by atoms with E-state index < -0.39 is 5.97 Å². The number of anilines is 1. The van der Waals surface area contributed by atoms with E-state index in [4.69, 9.17) is 4.74 Å². The monoisotopic (exact) mass is 394 g/mol. The maximum Gasteiger partial charge on any atom is 0.360 e. The Bertz CT molecular complexity index is 723. The van der Waals surface area contributed by atoms with Gasteiger partial charge in [-0.05, 0) is 39.2 Å². The summed E-state index contributed by atoms with van der Waals surface area (Å²) in [4.78, 5) is 24.4. The summed E-state index contributed by atoms with van der Waals surface area (Å²) in [6.07, 6.45) is 2.51. The predicted molar refractivity (Wildman–Crippen MR) is 113 cm³/mol. The van der Waals surface area contributed by atoms with Gasteiger partial charge in [0.15, 0.2) is 11.4 Å². The number of pyridine rings is 2. The van der Waals surface area contributed by atoms with Crippen molar-refractivity contribution in [2.75, 3.05) is 60.5 Å². The van der Waals surface area contributed by atoms with E-state index in [0.717, 1.165) is 19.5 Å². The summed E-state index contributed by atoms with van der Waals surface area (Å²) < 4.78 is 8.95. The van der Waals surface area contributed by atoms with E-state index in [-0.39, 0.29) is 11.4 Å². The van der Waals surface area contributed by atoms with E-state index in [1.165, 1.54) is 7.11 Å². The Labute approximate surface area is 168 Å². The average molecular weight is 395 g/mol. The minimum atomic E-state index is -0.682. The highest BCUT2D eigenvalue weighted by Crippen LogP contribution is 2.32. The third kappa shape index (κ3) is 7.28. The fourth-order valence-corrected chi connectivity index (χ4v) is 2.37. The third-order valence-corrected chi connectivity index (χ3v) is 3.55. The van der Waals surface area contributed by atoms with E-state index in [1.807, 2.05) is 46.0 Å². The summed E-state index contributed by atoms with van der Waals surface area (Å²) in [7, 11) is 10.5. The van der Waals surface area contributed by atoms with Crippen molar-refractivity contribution in [3.63, 3.8) is 0 Å². The summed E-state index contributed by atoms with van der Waals surface area (Å²) in [6.45, 7) is 5.71. The largest absolute Gasteiger partial charge is 0.504 e. The van der Waals surface area contributed by atoms with Crippen molar-refractivity contribution in [3.05, 3.63) is 24.0 Å². The highest BCUT2D eigenvalue weighted by Gasteiger charge is 2.21. The normalized spacial score (nSPS) is 9.89. The number of carbonyl (C=O) groups excluding carboxylic acids is 1. The Balaban J connectivity index is 0.00000133. The van der Waals surface area contributed by atoms with Crippen LogP contribution < -0.4 is 4.90 Å². The number of ether oxygens (including phenoxy) is 2. The summed E-state index contributed by atoms with van der Waals surface area (Å²) >= 11 is 0. The second-order valence-electron chi connectivity index (χ2n) is 6.01. The first-order valence-corrected chi connectivity index (χ1v) is 9.19. The lowest BCUT2D eigenvalue weighted by Crippen LogP contribution is -2.25. The number of fused-ring (bicyclic) bond motifs is 1. The second kappa shape index (κ2) is 13.7. The molecule has 8 heteroatoms. The van der Waals surface area contributed by atoms with Crippen LogP contribution in [-0.2, 0) is 9.47 Å². The summed E-state index contributed by atoms with van der Waals surface area (Å²) in [5.74, 6) is -0.332. The highest BCUT2D eigenvalue weighted by molar-refractivity contribution is 6.01. The molecule has 0 saturated carbocycles. The van der Waals surface area contributed by atoms with Crippen molar-refractivity contribution in [2.24, 2.45) is 0 Å². The Morgan fingerprint density at radius 3 is 2.29 bits per heavy atom. The molecule has 28 heavy (non-hydrogen) atoms. The van der Waals surface area contributed by atoms with Gasteiger partial charge in [0.05, 0.1) is 7.11 Å². The number of aromatic nitrogens is 2. The van der Waals surface area contributed by atoms with Crippen LogP contribution in [0.3, 0.4) is 0 Å². The first-order valence-electron chi connectivity index (χ1n) is 9.19. The molecule has 2 rings (SSSR count). The zero-order valence-electron chi connectivity index (χ0n) is 18.3. The molecule has 0 saturated heterocycles. The highest BCUT2D eigenvalue weighted by atomic mass is 16.5. The van der Waals surface area contributed by atoms with Crippen LogP contribution in [0, 0.1) is 0 Å². The topological polar surface area (TPSA) is 88.0 Å². The van der Waals surface area contributed by atoms with Crippen LogP contribution >= 0.6 is 0 Å². The van der Waals surface area contributed by atoms with Crippen molar-refractivity contribution < 1.29 is 19.4 Å². The first kappa shape index (κ1) is 25.6. The molecule has 0 fully saturated rings. The number of hydrogen-bond acceptors (Lipinski definition) is 8. The molecule has 0 aliphatic heterocycles. The summed E-state index contributed by atoms with van der Waals surface area (Å²) in [5, 5.41) is 11.0. The van der Waals surface area contributed by atoms with Crippen LogP contribution in [0.2, 0.25) is 0 Å². The zero-order chi connectivity index (χ0) is 21.7. The predicted octanol–water partition coefficient (Wildman–Crippen LogP) is 2.80. The molecule has 0 aromatic carbocycles. The fraction of sp³-hybridized carbons (Fsp3) is 0.550. The van der Waals surface area contributed by atoms with Crippen LogP contribution in [0.5, 0.6) is 5.75 Å². The Hall–Kier alpha value is -2.45. The van der Waals surface area contributed by atoms with E-state index in [9.17, 15) is 9.90 Å². The van der Waals surface area contributed by atoms with Gasteiger partial charge in [0.2, 0.25) is 0 Å². The number of hydrogen-bond donors (Lipinski definition) is 1. The van der Waals surface area contributed by atoms with Gasteiger partial charge in [-0.3, -0.25) is 4.98 Å². The quantitative estimate of drug-likeness (QED) is 0.749. The Kier molecular flexibility index (Phi) is 12.5. The Morgan fingerprint density at radius 1 is 1.14 bits per heavy atom. The maximum absolute atomic E-state index is 11.9. The van der Waals surface area contributed by atoms with E-state index in [2.05, 4.69) is 19.6 Å². The van der Waals surface area contributed by atoms with Gasteiger partial charge >= 0.3 is 5.97 Å². The molecule has 0 radical (unpaired) electrons. The van der Waals surface area contributed by atoms with Gasteiger partial charge in [0.1, 0.15) is 11.3 Å². The maximum atomic E-state index is 11.9. The minimum absolute atomic E-state index is 0.117. The average Bonchev–Trinajstić information content (AvgIpc) is 2.69. The smallest absolute Gasteiger partial charge is 0.360 e. The summed E-state index contributed by atoms with van der Waals surface area (Å²) in [6, 6.07) is 3.60. The van der Waals surface area contributed by atoms with Crippen molar-refractivity contribution in [1.29, 1.82) is 0 Å². The lowest BCUT2D eigenvalue weighted by molar-refractivity contribution is 0.0591. The molecule has 8 nitrogen and oxygen atoms in total. The lowest BCUT2D eigenvalue weighted by atomic mass is 10.2. The Morgan fingerprint density at radius 2 is 1.75 bits per heavy atom.